The standard InChI is InChI=1S/C32H43N3O4/c1-8-11-21-33-29(36)28(26-19-17-24(10-3)18-20-26)35(23(4)9-2)30(37)27(22-25-15-13-12-14-16-25)34-31(38)39-32(5,6)7/h3,12-20,23,27-28H,8-9,11,21-22H2,1-2,4-7H3,(H,33,36)(H,34,38). The lowest BCUT2D eigenvalue weighted by Crippen LogP contribution is -2.56. The van der Waals surface area contributed by atoms with Crippen LogP contribution < -0.4 is 10.6 Å². The summed E-state index contributed by atoms with van der Waals surface area (Å²) < 4.78 is 5.49. The zero-order valence-corrected chi connectivity index (χ0v) is 24.1. The first-order valence-corrected chi connectivity index (χ1v) is 13.7. The Morgan fingerprint density at radius 2 is 1.67 bits per heavy atom. The van der Waals surface area contributed by atoms with Gasteiger partial charge < -0.3 is 20.3 Å². The lowest BCUT2D eigenvalue weighted by molar-refractivity contribution is -0.145. The van der Waals surface area contributed by atoms with Crippen molar-refractivity contribution in [3.8, 4) is 12.3 Å². The molecule has 0 aliphatic heterocycles. The van der Waals surface area contributed by atoms with Gasteiger partial charge in [-0.1, -0.05) is 68.7 Å². The highest BCUT2D eigenvalue weighted by Gasteiger charge is 2.38. The van der Waals surface area contributed by atoms with Crippen LogP contribution in [0.4, 0.5) is 4.79 Å². The molecule has 39 heavy (non-hydrogen) atoms. The number of nitrogens with zero attached hydrogens (tertiary/aromatic N) is 1. The highest BCUT2D eigenvalue weighted by molar-refractivity contribution is 5.92. The van der Waals surface area contributed by atoms with Crippen molar-refractivity contribution in [3.05, 3.63) is 71.3 Å². The van der Waals surface area contributed by atoms with E-state index < -0.39 is 23.8 Å². The Balaban J connectivity index is 2.55. The van der Waals surface area contributed by atoms with Crippen molar-refractivity contribution < 1.29 is 19.1 Å². The van der Waals surface area contributed by atoms with Crippen LogP contribution in [0.1, 0.15) is 83.5 Å². The summed E-state index contributed by atoms with van der Waals surface area (Å²) in [5, 5.41) is 5.79. The minimum Gasteiger partial charge on any atom is -0.444 e. The van der Waals surface area contributed by atoms with Crippen LogP contribution in [0.2, 0.25) is 0 Å². The fourth-order valence-corrected chi connectivity index (χ4v) is 4.16. The van der Waals surface area contributed by atoms with E-state index in [1.54, 1.807) is 49.9 Å². The summed E-state index contributed by atoms with van der Waals surface area (Å²) in [7, 11) is 0. The van der Waals surface area contributed by atoms with Crippen LogP contribution in [0.5, 0.6) is 0 Å². The Kier molecular flexibility index (Phi) is 12.1. The second kappa shape index (κ2) is 15.0. The fourth-order valence-electron chi connectivity index (χ4n) is 4.16. The first-order valence-electron chi connectivity index (χ1n) is 13.7. The molecule has 0 heterocycles. The van der Waals surface area contributed by atoms with E-state index in [2.05, 4.69) is 16.6 Å². The molecule has 7 nitrogen and oxygen atoms in total. The van der Waals surface area contributed by atoms with Crippen LogP contribution in [-0.4, -0.2) is 47.0 Å². The maximum absolute atomic E-state index is 14.4. The molecule has 7 heteroatoms. The van der Waals surface area contributed by atoms with E-state index in [0.29, 0.717) is 24.1 Å². The van der Waals surface area contributed by atoms with Crippen LogP contribution >= 0.6 is 0 Å². The number of ether oxygens (including phenoxy) is 1. The van der Waals surface area contributed by atoms with E-state index in [4.69, 9.17) is 11.2 Å². The molecule has 2 N–H and O–H groups in total. The van der Waals surface area contributed by atoms with E-state index in [-0.39, 0.29) is 24.3 Å². The molecule has 2 aromatic carbocycles. The van der Waals surface area contributed by atoms with Gasteiger partial charge in [-0.05, 0) is 63.8 Å². The topological polar surface area (TPSA) is 87.7 Å². The number of amides is 3. The van der Waals surface area contributed by atoms with Gasteiger partial charge >= 0.3 is 6.09 Å². The van der Waals surface area contributed by atoms with E-state index in [9.17, 15) is 14.4 Å². The third-order valence-electron chi connectivity index (χ3n) is 6.34. The fraction of sp³-hybridized carbons (Fsp3) is 0.469. The molecular weight excluding hydrogens is 490 g/mol. The second-order valence-electron chi connectivity index (χ2n) is 10.7. The number of terminal acetylenes is 1. The van der Waals surface area contributed by atoms with Gasteiger partial charge in [0.25, 0.3) is 0 Å². The monoisotopic (exact) mass is 533 g/mol. The Labute approximate surface area is 233 Å². The molecule has 2 rings (SSSR count). The minimum atomic E-state index is -0.952. The summed E-state index contributed by atoms with van der Waals surface area (Å²) in [6, 6.07) is 14.4. The second-order valence-corrected chi connectivity index (χ2v) is 10.7. The molecule has 3 atom stereocenters. The molecule has 0 aliphatic carbocycles. The lowest BCUT2D eigenvalue weighted by atomic mass is 9.97. The zero-order valence-electron chi connectivity index (χ0n) is 24.1. The minimum absolute atomic E-state index is 0.242. The van der Waals surface area contributed by atoms with Crippen LogP contribution in [0.15, 0.2) is 54.6 Å². The number of hydrogen-bond acceptors (Lipinski definition) is 4. The Morgan fingerprint density at radius 3 is 2.21 bits per heavy atom. The van der Waals surface area contributed by atoms with Gasteiger partial charge in [0.1, 0.15) is 17.7 Å². The summed E-state index contributed by atoms with van der Waals surface area (Å²) in [5.41, 5.74) is 1.46. The molecule has 210 valence electrons. The summed E-state index contributed by atoms with van der Waals surface area (Å²) in [6.45, 7) is 11.7. The number of rotatable bonds is 12. The number of alkyl carbamates (subject to hydrolysis) is 1. The first kappa shape index (κ1) is 31.4. The Bertz CT molecular complexity index is 1120. The third kappa shape index (κ3) is 9.79. The third-order valence-corrected chi connectivity index (χ3v) is 6.34. The van der Waals surface area contributed by atoms with E-state index >= 15 is 0 Å². The number of unbranched alkanes of at least 4 members (excludes halogenated alkanes) is 1. The van der Waals surface area contributed by atoms with E-state index in [1.807, 2.05) is 51.1 Å². The molecular formula is C32H43N3O4. The van der Waals surface area contributed by atoms with Gasteiger partial charge in [-0.15, -0.1) is 6.42 Å². The first-order chi connectivity index (χ1) is 18.5. The van der Waals surface area contributed by atoms with Gasteiger partial charge in [0.15, 0.2) is 0 Å². The quantitative estimate of drug-likeness (QED) is 0.283. The predicted molar refractivity (Wildman–Crippen MR) is 155 cm³/mol. The molecule has 3 amide bonds. The Morgan fingerprint density at radius 1 is 1.03 bits per heavy atom. The molecule has 3 unspecified atom stereocenters. The highest BCUT2D eigenvalue weighted by Crippen LogP contribution is 2.27. The molecule has 0 saturated carbocycles. The van der Waals surface area contributed by atoms with Crippen LogP contribution in [0.25, 0.3) is 0 Å². The van der Waals surface area contributed by atoms with Crippen molar-refractivity contribution >= 4 is 17.9 Å². The van der Waals surface area contributed by atoms with Crippen molar-refractivity contribution in [2.45, 2.75) is 91.0 Å². The lowest BCUT2D eigenvalue weighted by Gasteiger charge is -2.38. The molecule has 0 spiro atoms. The number of benzene rings is 2. The van der Waals surface area contributed by atoms with Gasteiger partial charge in [0.05, 0.1) is 0 Å². The maximum atomic E-state index is 14.4. The normalized spacial score (nSPS) is 13.4. The summed E-state index contributed by atoms with van der Waals surface area (Å²) >= 11 is 0. The zero-order chi connectivity index (χ0) is 29.0. The Hall–Kier alpha value is -3.79. The average molecular weight is 534 g/mol. The summed E-state index contributed by atoms with van der Waals surface area (Å²) in [4.78, 5) is 42.5. The molecule has 0 saturated heterocycles. The molecule has 0 aliphatic rings. The molecule has 0 fully saturated rings. The van der Waals surface area contributed by atoms with Crippen molar-refractivity contribution in [2.24, 2.45) is 0 Å². The van der Waals surface area contributed by atoms with Crippen molar-refractivity contribution in [3.63, 3.8) is 0 Å². The van der Waals surface area contributed by atoms with Crippen molar-refractivity contribution in [2.75, 3.05) is 6.54 Å². The largest absolute Gasteiger partial charge is 0.444 e. The molecule has 0 radical (unpaired) electrons. The van der Waals surface area contributed by atoms with Gasteiger partial charge in [-0.2, -0.15) is 0 Å². The van der Waals surface area contributed by atoms with Crippen molar-refractivity contribution in [1.29, 1.82) is 0 Å². The maximum Gasteiger partial charge on any atom is 0.408 e. The van der Waals surface area contributed by atoms with Crippen LogP contribution in [0.3, 0.4) is 0 Å². The number of nitrogens with one attached hydrogen (secondary N) is 2. The van der Waals surface area contributed by atoms with Gasteiger partial charge in [-0.3, -0.25) is 9.59 Å². The number of hydrogen-bond donors (Lipinski definition) is 2. The van der Waals surface area contributed by atoms with Gasteiger partial charge in [0.2, 0.25) is 11.8 Å². The molecule has 0 bridgehead atoms. The SMILES string of the molecule is C#Cc1ccc(C(C(=O)NCCCC)N(C(=O)C(Cc2ccccc2)NC(=O)OC(C)(C)C)C(C)CC)cc1. The van der Waals surface area contributed by atoms with Crippen LogP contribution in [0, 0.1) is 12.3 Å². The molecule has 2 aromatic rings. The highest BCUT2D eigenvalue weighted by atomic mass is 16.6. The predicted octanol–water partition coefficient (Wildman–Crippen LogP) is 5.39. The van der Waals surface area contributed by atoms with E-state index in [1.165, 1.54) is 0 Å². The van der Waals surface area contributed by atoms with Crippen molar-refractivity contribution in [1.82, 2.24) is 15.5 Å². The molecule has 0 aromatic heterocycles. The van der Waals surface area contributed by atoms with Crippen LogP contribution in [-0.2, 0) is 20.7 Å². The van der Waals surface area contributed by atoms with Gasteiger partial charge in [0, 0.05) is 24.6 Å². The average Bonchev–Trinajstić information content (AvgIpc) is 2.90. The number of carbonyl (C=O) groups excluding carboxylic acids is 3. The summed E-state index contributed by atoms with van der Waals surface area (Å²) in [5.74, 6) is 1.95. The van der Waals surface area contributed by atoms with E-state index in [0.717, 1.165) is 18.4 Å². The smallest absolute Gasteiger partial charge is 0.408 e. The number of carbonyl (C=O) groups is 3. The summed E-state index contributed by atoms with van der Waals surface area (Å²) in [6.07, 6.45) is 7.46. The van der Waals surface area contributed by atoms with Gasteiger partial charge in [-0.25, -0.2) is 4.79 Å².